The number of carbonyl (C=O) groups excluding carboxylic acids is 2. The van der Waals surface area contributed by atoms with Gasteiger partial charge in [-0.1, -0.05) is 31.7 Å². The van der Waals surface area contributed by atoms with Crippen LogP contribution in [-0.2, 0) is 33.2 Å². The van der Waals surface area contributed by atoms with Gasteiger partial charge in [0.15, 0.2) is 18.9 Å². The lowest BCUT2D eigenvalue weighted by Crippen LogP contribution is -2.66. The molecule has 0 aromatic heterocycles. The van der Waals surface area contributed by atoms with Crippen LogP contribution >= 0.6 is 0 Å². The normalized spacial score (nSPS) is 28.6. The number of aromatic carboxylic acids is 1. The molecule has 77 heavy (non-hydrogen) atoms. The molecule has 5 aliphatic rings. The van der Waals surface area contributed by atoms with E-state index in [1.54, 1.807) is 12.1 Å². The number of nitrogens with one attached hydrogen (secondary N) is 2. The highest BCUT2D eigenvalue weighted by atomic mass is 16.8. The molecule has 0 spiro atoms. The number of aliphatic hydroxyl groups excluding tert-OH is 8. The van der Waals surface area contributed by atoms with Crippen molar-refractivity contribution in [3.8, 4) is 22.5 Å². The number of hydrogen-bond donors (Lipinski definition) is 11. The number of carboxylic acids is 1. The maximum atomic E-state index is 13.3. The van der Waals surface area contributed by atoms with Crippen molar-refractivity contribution in [3.63, 3.8) is 0 Å². The van der Waals surface area contributed by atoms with Crippen LogP contribution in [0.5, 0.6) is 0 Å². The van der Waals surface area contributed by atoms with Gasteiger partial charge in [-0.25, -0.2) is 9.37 Å². The third-order valence-corrected chi connectivity index (χ3v) is 14.2. The topological polar surface area (TPSA) is 332 Å². The SMILES string of the molecule is C[C@@H]1O[C@@H](O[C@H]2[C@H](OCCCCCCCCC(=O)NCCNC(=O)c3ccc(-c4c5ccc(=[N+](C)C)cc-5oc5cc(N(C)C)ccc45)c(C(=O)O)c3)O[C@H](CO)[C@H](O)[C@@H]2O[C@H]2O[C@H](CO)C[C@H](O)[C@H]2O)[C@@H](O)[C@H](O)[C@@H]1O. The van der Waals surface area contributed by atoms with Crippen LogP contribution in [-0.4, -0.2) is 211 Å². The van der Waals surface area contributed by atoms with Crippen LogP contribution in [0.4, 0.5) is 5.69 Å². The first-order valence-electron chi connectivity index (χ1n) is 26.1. The minimum absolute atomic E-state index is 0.0589. The van der Waals surface area contributed by atoms with Gasteiger partial charge in [0.1, 0.15) is 74.3 Å². The first-order chi connectivity index (χ1) is 36.8. The summed E-state index contributed by atoms with van der Waals surface area (Å²) in [6.07, 6.45) is -15.9. The zero-order valence-corrected chi connectivity index (χ0v) is 44.0. The Balaban J connectivity index is 0.863. The van der Waals surface area contributed by atoms with Crippen molar-refractivity contribution >= 4 is 34.4 Å². The molecule has 2 aromatic carbocycles. The predicted octanol–water partition coefficient (Wildman–Crippen LogP) is 0.0990. The van der Waals surface area contributed by atoms with Crippen molar-refractivity contribution in [2.45, 2.75) is 144 Å². The Labute approximate surface area is 445 Å². The van der Waals surface area contributed by atoms with Gasteiger partial charge >= 0.3 is 5.97 Å². The average molecular weight is 1080 g/mol. The number of aliphatic hydroxyl groups is 8. The summed E-state index contributed by atoms with van der Waals surface area (Å²) in [7, 11) is 7.68. The Morgan fingerprint density at radius 1 is 0.714 bits per heavy atom. The smallest absolute Gasteiger partial charge is 0.336 e. The van der Waals surface area contributed by atoms with Crippen LogP contribution in [0.1, 0.15) is 79.0 Å². The number of unbranched alkanes of at least 4 members (excludes halogenated alkanes) is 5. The highest BCUT2D eigenvalue weighted by Crippen LogP contribution is 2.42. The molecule has 4 aliphatic heterocycles. The number of rotatable bonds is 23. The molecule has 0 radical (unpaired) electrons. The quantitative estimate of drug-likeness (QED) is 0.0267. The highest BCUT2D eigenvalue weighted by Gasteiger charge is 2.53. The first kappa shape index (κ1) is 59.4. The van der Waals surface area contributed by atoms with E-state index in [0.717, 1.165) is 30.3 Å². The molecule has 424 valence electrons. The lowest BCUT2D eigenvalue weighted by Gasteiger charge is -2.48. The van der Waals surface area contributed by atoms with Gasteiger partial charge in [-0.2, -0.15) is 0 Å². The van der Waals surface area contributed by atoms with E-state index < -0.39 is 111 Å². The Morgan fingerprint density at radius 2 is 1.40 bits per heavy atom. The molecule has 0 unspecified atom stereocenters. The van der Waals surface area contributed by atoms with Crippen LogP contribution in [0.2, 0.25) is 0 Å². The minimum atomic E-state index is -1.77. The predicted molar refractivity (Wildman–Crippen MR) is 277 cm³/mol. The summed E-state index contributed by atoms with van der Waals surface area (Å²) in [6.45, 7) is 0.601. The molecule has 0 bridgehead atoms. The van der Waals surface area contributed by atoms with E-state index in [4.69, 9.17) is 32.8 Å². The summed E-state index contributed by atoms with van der Waals surface area (Å²) in [6, 6.07) is 16.1. The summed E-state index contributed by atoms with van der Waals surface area (Å²) >= 11 is 0. The Hall–Kier alpha value is -5.22. The molecule has 11 N–H and O–H groups in total. The summed E-state index contributed by atoms with van der Waals surface area (Å²) in [5.41, 5.74) is 3.36. The molecule has 14 atom stereocenters. The fraction of sp³-hybridized carbons (Fsp3) is 0.593. The summed E-state index contributed by atoms with van der Waals surface area (Å²) < 4.78 is 43.6. The van der Waals surface area contributed by atoms with Gasteiger partial charge in [-0.05, 0) is 55.7 Å². The highest BCUT2D eigenvalue weighted by molar-refractivity contribution is 6.09. The second-order valence-electron chi connectivity index (χ2n) is 20.2. The van der Waals surface area contributed by atoms with Gasteiger partial charge in [0.2, 0.25) is 11.3 Å². The van der Waals surface area contributed by atoms with E-state index in [0.29, 0.717) is 52.7 Å². The number of carboxylic acid groups (broad SMARTS) is 1. The molecule has 23 nitrogen and oxygen atoms in total. The van der Waals surface area contributed by atoms with E-state index in [9.17, 15) is 60.3 Å². The van der Waals surface area contributed by atoms with Gasteiger partial charge in [0.05, 0.1) is 43.2 Å². The molecule has 1 aliphatic carbocycles. The molecule has 3 fully saturated rings. The number of nitrogens with zero attached hydrogens (tertiary/aromatic N) is 2. The number of ether oxygens (including phenoxy) is 6. The maximum Gasteiger partial charge on any atom is 0.336 e. The zero-order chi connectivity index (χ0) is 55.7. The van der Waals surface area contributed by atoms with E-state index in [-0.39, 0.29) is 49.6 Å². The van der Waals surface area contributed by atoms with Crippen LogP contribution in [0.25, 0.3) is 33.4 Å². The fourth-order valence-corrected chi connectivity index (χ4v) is 9.71. The Bertz CT molecular complexity index is 2660. The van der Waals surface area contributed by atoms with Crippen molar-refractivity contribution in [2.24, 2.45) is 0 Å². The number of hydrogen-bond acceptors (Lipinski definition) is 19. The third kappa shape index (κ3) is 14.3. The third-order valence-electron chi connectivity index (χ3n) is 14.2. The second kappa shape index (κ2) is 27.1. The van der Waals surface area contributed by atoms with Crippen molar-refractivity contribution < 1.29 is 93.2 Å². The van der Waals surface area contributed by atoms with Gasteiger partial charge < -0.3 is 94.3 Å². The van der Waals surface area contributed by atoms with E-state index in [1.165, 1.54) is 13.0 Å². The minimum Gasteiger partial charge on any atom is -0.478 e. The fourth-order valence-electron chi connectivity index (χ4n) is 9.71. The van der Waals surface area contributed by atoms with Gasteiger partial charge in [-0.15, -0.1) is 0 Å². The van der Waals surface area contributed by atoms with Crippen molar-refractivity contribution in [1.82, 2.24) is 15.2 Å². The lowest BCUT2D eigenvalue weighted by molar-refractivity contribution is -0.387. The first-order valence-corrected chi connectivity index (χ1v) is 26.1. The zero-order valence-electron chi connectivity index (χ0n) is 44.0. The number of amides is 2. The number of anilines is 1. The molecule has 3 saturated heterocycles. The summed E-state index contributed by atoms with van der Waals surface area (Å²) in [4.78, 5) is 40.7. The number of fused-ring (bicyclic) bond motifs is 2. The molecular formula is C54H75N4O19+. The summed E-state index contributed by atoms with van der Waals surface area (Å²) in [5, 5.41) is 101. The second-order valence-corrected chi connectivity index (χ2v) is 20.2. The number of benzene rings is 3. The van der Waals surface area contributed by atoms with Crippen LogP contribution < -0.4 is 25.5 Å². The molecule has 2 amide bonds. The molecule has 23 heteroatoms. The lowest BCUT2D eigenvalue weighted by atomic mass is 9.89. The monoisotopic (exact) mass is 1080 g/mol. The largest absolute Gasteiger partial charge is 0.478 e. The van der Waals surface area contributed by atoms with E-state index in [1.807, 2.05) is 74.1 Å². The van der Waals surface area contributed by atoms with Crippen molar-refractivity contribution in [2.75, 3.05) is 66.0 Å². The molecular weight excluding hydrogens is 1010 g/mol. The average Bonchev–Trinajstić information content (AvgIpc) is 3.52. The Morgan fingerprint density at radius 3 is 2.10 bits per heavy atom. The molecule has 2 aromatic rings. The maximum absolute atomic E-state index is 13.3. The Kier molecular flexibility index (Phi) is 20.9. The van der Waals surface area contributed by atoms with Gasteiger partial charge in [0.25, 0.3) is 5.91 Å². The van der Waals surface area contributed by atoms with Crippen LogP contribution in [0.3, 0.4) is 0 Å². The van der Waals surface area contributed by atoms with E-state index >= 15 is 0 Å². The molecule has 4 heterocycles. The van der Waals surface area contributed by atoms with Gasteiger partial charge in [-0.3, -0.25) is 9.59 Å². The van der Waals surface area contributed by atoms with E-state index in [2.05, 4.69) is 10.6 Å². The molecule has 0 saturated carbocycles. The van der Waals surface area contributed by atoms with Crippen molar-refractivity contribution in [1.29, 1.82) is 0 Å². The van der Waals surface area contributed by atoms with Gasteiger partial charge in [0, 0.05) is 86.5 Å². The standard InChI is InChI=1S/C54H74N4O19/c1-28-43(63)46(66)47(67)53(72-28)77-49-48(76-52-44(64)37(61)25-32(26-59)73-52)45(65)40(27-60)75-54(49)71-21-11-9-7-6-8-10-12-41(62)55-19-20-56-50(68)29-13-16-33(36(22-29)51(69)70)42-34-17-14-30(57(2)3)23-38(34)74-39-24-31(58(4)5)15-18-35(39)42/h13-18,22-24,28,32,37,40,43-49,52-54,59-61,63-67H,6-12,19-21,25-27H2,1-5H3,(H2-,55,56,62,68,69,70)/p+1/t28-,32-,37-,40+,43+,44+,45-,46+,47-,48-,49+,52+,53-,54+/m0/s1. The molecule has 7 rings (SSSR count). The van der Waals surface area contributed by atoms with Crippen LogP contribution in [0, 0.1) is 0 Å². The number of carbonyl (C=O) groups is 3. The summed E-state index contributed by atoms with van der Waals surface area (Å²) in [5.74, 6) is -1.32. The van der Waals surface area contributed by atoms with Crippen molar-refractivity contribution in [3.05, 3.63) is 71.1 Å². The van der Waals surface area contributed by atoms with Crippen LogP contribution in [0.15, 0.2) is 59.0 Å².